The van der Waals surface area contributed by atoms with Crippen molar-refractivity contribution >= 4 is 28.6 Å². The lowest BCUT2D eigenvalue weighted by Crippen LogP contribution is -2.48. The summed E-state index contributed by atoms with van der Waals surface area (Å²) in [6.07, 6.45) is -0.272. The Morgan fingerprint density at radius 2 is 2.08 bits per heavy atom. The second-order valence-electron chi connectivity index (χ2n) is 5.64. The molecule has 2 heterocycles. The molecule has 0 atom stereocenters. The van der Waals surface area contributed by atoms with Crippen LogP contribution in [0.1, 0.15) is 12.7 Å². The predicted molar refractivity (Wildman–Crippen MR) is 91.2 cm³/mol. The van der Waals surface area contributed by atoms with Crippen LogP contribution in [0.15, 0.2) is 23.0 Å². The van der Waals surface area contributed by atoms with Crippen molar-refractivity contribution in [3.05, 3.63) is 39.4 Å². The molecule has 1 saturated heterocycles. The van der Waals surface area contributed by atoms with Gasteiger partial charge in [-0.2, -0.15) is 0 Å². The number of aromatic amines is 1. The average Bonchev–Trinajstić information content (AvgIpc) is 2.56. The summed E-state index contributed by atoms with van der Waals surface area (Å²) in [5.41, 5.74) is 0.436. The van der Waals surface area contributed by atoms with Crippen molar-refractivity contribution in [1.29, 1.82) is 0 Å². The molecule has 8 heteroatoms. The minimum atomic E-state index is -0.272. The van der Waals surface area contributed by atoms with Crippen LogP contribution < -0.4 is 5.56 Å². The van der Waals surface area contributed by atoms with Gasteiger partial charge in [-0.1, -0.05) is 11.6 Å². The van der Waals surface area contributed by atoms with Crippen molar-refractivity contribution in [2.24, 2.45) is 0 Å². The molecule has 3 rings (SSSR count). The van der Waals surface area contributed by atoms with Gasteiger partial charge in [0, 0.05) is 31.2 Å². The maximum absolute atomic E-state index is 12.2. The molecule has 1 aliphatic rings. The first-order valence-electron chi connectivity index (χ1n) is 7.89. The van der Waals surface area contributed by atoms with Crippen LogP contribution >= 0.6 is 11.6 Å². The van der Waals surface area contributed by atoms with Gasteiger partial charge in [-0.15, -0.1) is 0 Å². The molecule has 7 nitrogen and oxygen atoms in total. The third-order valence-electron chi connectivity index (χ3n) is 3.99. The van der Waals surface area contributed by atoms with Crippen LogP contribution in [0.25, 0.3) is 10.9 Å². The minimum absolute atomic E-state index is 0.192. The van der Waals surface area contributed by atoms with Gasteiger partial charge in [0.1, 0.15) is 5.82 Å². The lowest BCUT2D eigenvalue weighted by atomic mass is 10.2. The Kier molecular flexibility index (Phi) is 5.01. The van der Waals surface area contributed by atoms with E-state index in [1.54, 1.807) is 30.0 Å². The first kappa shape index (κ1) is 16.7. The molecule has 1 N–H and O–H groups in total. The van der Waals surface area contributed by atoms with E-state index >= 15 is 0 Å². The van der Waals surface area contributed by atoms with Crippen LogP contribution in [0.2, 0.25) is 5.02 Å². The zero-order chi connectivity index (χ0) is 17.1. The van der Waals surface area contributed by atoms with Gasteiger partial charge in [-0.05, 0) is 25.1 Å². The summed E-state index contributed by atoms with van der Waals surface area (Å²) in [5.74, 6) is 0.611. The van der Waals surface area contributed by atoms with Crippen LogP contribution in [0.4, 0.5) is 4.79 Å². The number of carbonyl (C=O) groups excluding carboxylic acids is 1. The van der Waals surface area contributed by atoms with E-state index in [0.29, 0.717) is 61.1 Å². The van der Waals surface area contributed by atoms with Crippen LogP contribution in [-0.2, 0) is 11.3 Å². The van der Waals surface area contributed by atoms with E-state index in [1.165, 1.54) is 0 Å². The average molecular weight is 351 g/mol. The second-order valence-corrected chi connectivity index (χ2v) is 6.07. The maximum Gasteiger partial charge on any atom is 0.409 e. The van der Waals surface area contributed by atoms with Crippen molar-refractivity contribution in [3.63, 3.8) is 0 Å². The van der Waals surface area contributed by atoms with Crippen molar-refractivity contribution < 1.29 is 9.53 Å². The van der Waals surface area contributed by atoms with Crippen LogP contribution in [0.3, 0.4) is 0 Å². The van der Waals surface area contributed by atoms with Crippen molar-refractivity contribution in [2.75, 3.05) is 32.8 Å². The summed E-state index contributed by atoms with van der Waals surface area (Å²) >= 11 is 5.92. The minimum Gasteiger partial charge on any atom is -0.450 e. The van der Waals surface area contributed by atoms with Gasteiger partial charge >= 0.3 is 6.09 Å². The molecule has 1 amide bonds. The molecule has 1 fully saturated rings. The molecule has 0 unspecified atom stereocenters. The molecular formula is C16H19ClN4O3. The Balaban J connectivity index is 1.67. The number of nitrogens with zero attached hydrogens (tertiary/aromatic N) is 3. The summed E-state index contributed by atoms with van der Waals surface area (Å²) < 4.78 is 5.01. The summed E-state index contributed by atoms with van der Waals surface area (Å²) in [6, 6.07) is 5.08. The first-order valence-corrected chi connectivity index (χ1v) is 8.27. The Morgan fingerprint density at radius 3 is 2.79 bits per heavy atom. The van der Waals surface area contributed by atoms with E-state index in [-0.39, 0.29) is 11.7 Å². The van der Waals surface area contributed by atoms with Gasteiger partial charge in [-0.3, -0.25) is 9.69 Å². The molecule has 128 valence electrons. The van der Waals surface area contributed by atoms with Gasteiger partial charge in [0.15, 0.2) is 0 Å². The number of halogens is 1. The molecule has 1 aliphatic heterocycles. The second kappa shape index (κ2) is 7.19. The van der Waals surface area contributed by atoms with E-state index in [4.69, 9.17) is 16.3 Å². The van der Waals surface area contributed by atoms with Gasteiger partial charge in [-0.25, -0.2) is 9.78 Å². The quantitative estimate of drug-likeness (QED) is 0.914. The predicted octanol–water partition coefficient (Wildman–Crippen LogP) is 1.85. The summed E-state index contributed by atoms with van der Waals surface area (Å²) in [7, 11) is 0. The SMILES string of the molecule is CCOC(=O)N1CCN(Cc2nc3ccc(Cl)cc3c(=O)[nH]2)CC1. The molecule has 1 aromatic heterocycles. The maximum atomic E-state index is 12.2. The number of hydrogen-bond acceptors (Lipinski definition) is 5. The number of rotatable bonds is 3. The molecule has 2 aromatic rings. The largest absolute Gasteiger partial charge is 0.450 e. The van der Waals surface area contributed by atoms with E-state index in [9.17, 15) is 9.59 Å². The highest BCUT2D eigenvalue weighted by molar-refractivity contribution is 6.31. The molecule has 0 radical (unpaired) electrons. The molecule has 0 spiro atoms. The van der Waals surface area contributed by atoms with E-state index in [1.807, 2.05) is 0 Å². The number of nitrogens with one attached hydrogen (secondary N) is 1. The molecular weight excluding hydrogens is 332 g/mol. The van der Waals surface area contributed by atoms with Crippen LogP contribution in [-0.4, -0.2) is 58.6 Å². The molecule has 0 bridgehead atoms. The molecule has 0 saturated carbocycles. The molecule has 1 aromatic carbocycles. The number of amides is 1. The lowest BCUT2D eigenvalue weighted by molar-refractivity contribution is 0.0772. The Bertz CT molecular complexity index is 799. The number of aromatic nitrogens is 2. The zero-order valence-corrected chi connectivity index (χ0v) is 14.2. The topological polar surface area (TPSA) is 78.5 Å². The lowest BCUT2D eigenvalue weighted by Gasteiger charge is -2.33. The van der Waals surface area contributed by atoms with Crippen LogP contribution in [0.5, 0.6) is 0 Å². The first-order chi connectivity index (χ1) is 11.6. The number of ether oxygens (including phenoxy) is 1. The van der Waals surface area contributed by atoms with Gasteiger partial charge < -0.3 is 14.6 Å². The number of H-pyrrole nitrogens is 1. The number of piperazine rings is 1. The summed E-state index contributed by atoms with van der Waals surface area (Å²) in [5, 5.41) is 0.996. The Morgan fingerprint density at radius 1 is 1.33 bits per heavy atom. The van der Waals surface area contributed by atoms with Crippen molar-refractivity contribution in [2.45, 2.75) is 13.5 Å². The number of carbonyl (C=O) groups is 1. The van der Waals surface area contributed by atoms with Crippen molar-refractivity contribution in [1.82, 2.24) is 19.8 Å². The Hall–Kier alpha value is -2.12. The highest BCUT2D eigenvalue weighted by Crippen LogP contribution is 2.15. The highest BCUT2D eigenvalue weighted by Gasteiger charge is 2.22. The van der Waals surface area contributed by atoms with Gasteiger partial charge in [0.05, 0.1) is 24.1 Å². The highest BCUT2D eigenvalue weighted by atomic mass is 35.5. The van der Waals surface area contributed by atoms with Gasteiger partial charge in [0.2, 0.25) is 0 Å². The monoisotopic (exact) mass is 350 g/mol. The van der Waals surface area contributed by atoms with E-state index in [0.717, 1.165) is 0 Å². The van der Waals surface area contributed by atoms with Crippen molar-refractivity contribution in [3.8, 4) is 0 Å². The standard InChI is InChI=1S/C16H19ClN4O3/c1-2-24-16(23)21-7-5-20(6-8-21)10-14-18-13-4-3-11(17)9-12(13)15(22)19-14/h3-4,9H,2,5-8,10H2,1H3,(H,18,19,22). The van der Waals surface area contributed by atoms with Crippen LogP contribution in [0, 0.1) is 0 Å². The van der Waals surface area contributed by atoms with Gasteiger partial charge in [0.25, 0.3) is 5.56 Å². The number of hydrogen-bond donors (Lipinski definition) is 1. The van der Waals surface area contributed by atoms with E-state index in [2.05, 4.69) is 14.9 Å². The zero-order valence-electron chi connectivity index (χ0n) is 13.4. The Labute approximate surface area is 144 Å². The smallest absolute Gasteiger partial charge is 0.409 e. The van der Waals surface area contributed by atoms with E-state index < -0.39 is 0 Å². The third-order valence-corrected chi connectivity index (χ3v) is 4.22. The fourth-order valence-corrected chi connectivity index (χ4v) is 2.92. The molecule has 24 heavy (non-hydrogen) atoms. The fourth-order valence-electron chi connectivity index (χ4n) is 2.75. The molecule has 0 aliphatic carbocycles. The summed E-state index contributed by atoms with van der Waals surface area (Å²) in [6.45, 7) is 5.33. The fraction of sp³-hybridized carbons (Fsp3) is 0.438. The number of benzene rings is 1. The normalized spacial score (nSPS) is 15.7. The summed E-state index contributed by atoms with van der Waals surface area (Å²) in [4.78, 5) is 35.0. The number of fused-ring (bicyclic) bond motifs is 1. The third kappa shape index (κ3) is 3.68.